The number of hydrogen-bond acceptors (Lipinski definition) is 8. The van der Waals surface area contributed by atoms with Crippen LogP contribution in [0, 0.1) is 34.5 Å². The first kappa shape index (κ1) is 30.1. The normalized spacial score (nSPS) is 39.6. The van der Waals surface area contributed by atoms with Gasteiger partial charge in [-0.3, -0.25) is 14.4 Å². The van der Waals surface area contributed by atoms with Crippen molar-refractivity contribution < 1.29 is 39.9 Å². The summed E-state index contributed by atoms with van der Waals surface area (Å²) < 4.78 is 0. The third-order valence-corrected chi connectivity index (χ3v) is 10.9. The minimum Gasteiger partial charge on any atom is -0.507 e. The van der Waals surface area contributed by atoms with Gasteiger partial charge in [0.1, 0.15) is 17.8 Å². The molecule has 0 heterocycles. The first-order valence-corrected chi connectivity index (χ1v) is 14.3. The predicted octanol–water partition coefficient (Wildman–Crippen LogP) is 2.28. The second kappa shape index (κ2) is 9.84. The average molecular weight is 578 g/mol. The topological polar surface area (TPSA) is 178 Å². The van der Waals surface area contributed by atoms with Gasteiger partial charge in [0.25, 0.3) is 0 Å². The highest BCUT2D eigenvalue weighted by Gasteiger charge is 2.80. The van der Waals surface area contributed by atoms with Crippen LogP contribution in [0.5, 0.6) is 5.75 Å². The number of phenols is 1. The lowest BCUT2D eigenvalue weighted by atomic mass is 9.36. The Balaban J connectivity index is 1.71. The van der Waals surface area contributed by atoms with Crippen molar-refractivity contribution in [3.63, 3.8) is 0 Å². The van der Waals surface area contributed by atoms with E-state index in [4.69, 9.17) is 5.73 Å². The molecule has 10 atom stereocenters. The number of nitrogens with two attached hydrogens (primary N) is 1. The van der Waals surface area contributed by atoms with Crippen molar-refractivity contribution >= 4 is 29.6 Å². The van der Waals surface area contributed by atoms with Crippen LogP contribution >= 0.6 is 0 Å². The van der Waals surface area contributed by atoms with Gasteiger partial charge in [-0.25, -0.2) is 0 Å². The average Bonchev–Trinajstić information content (AvgIpc) is 2.93. The molecule has 42 heavy (non-hydrogen) atoms. The van der Waals surface area contributed by atoms with Crippen molar-refractivity contribution in [1.82, 2.24) is 0 Å². The SMILES string of the molecule is CC(C)[C@H]1C(O)[C@@H](C(N)=O)C(=O)[C@]2(O)C(O)[C@H]3C(=O)c4c(ccc(C=Cc5ccccc5)c4O)[C@@H](C)[C@]3(C)[C@@H](O)[C@]12C. The minimum atomic E-state index is -2.81. The molecule has 0 aliphatic heterocycles. The number of benzene rings is 2. The highest BCUT2D eigenvalue weighted by Crippen LogP contribution is 2.68. The van der Waals surface area contributed by atoms with Crippen molar-refractivity contribution in [2.24, 2.45) is 40.2 Å². The number of Topliss-reactive ketones (excluding diaryl/α,β-unsaturated/α-hetero) is 2. The smallest absolute Gasteiger partial charge is 0.230 e. The first-order chi connectivity index (χ1) is 19.6. The fourth-order valence-electron chi connectivity index (χ4n) is 8.66. The van der Waals surface area contributed by atoms with Gasteiger partial charge < -0.3 is 31.3 Å². The number of phenolic OH excluding ortho intramolecular Hbond substituents is 1. The number of primary amides is 1. The number of rotatable bonds is 4. The molecule has 0 spiro atoms. The van der Waals surface area contributed by atoms with E-state index in [1.165, 1.54) is 6.92 Å². The van der Waals surface area contributed by atoms with Gasteiger partial charge in [0.15, 0.2) is 17.2 Å². The second-order valence-electron chi connectivity index (χ2n) is 13.0. The number of aromatic hydroxyl groups is 1. The molecule has 7 N–H and O–H groups in total. The number of carbonyl (C=O) groups is 3. The molecule has 0 aromatic heterocycles. The summed E-state index contributed by atoms with van der Waals surface area (Å²) in [4.78, 5) is 40.6. The Kier molecular flexibility index (Phi) is 7.05. The van der Waals surface area contributed by atoms with Crippen LogP contribution in [0.1, 0.15) is 67.6 Å². The fraction of sp³-hybridized carbons (Fsp3) is 0.485. The third-order valence-electron chi connectivity index (χ3n) is 10.9. The van der Waals surface area contributed by atoms with Crippen molar-refractivity contribution in [2.45, 2.75) is 64.4 Å². The van der Waals surface area contributed by atoms with E-state index in [9.17, 15) is 39.9 Å². The third kappa shape index (κ3) is 3.60. The van der Waals surface area contributed by atoms with Crippen LogP contribution in [0.3, 0.4) is 0 Å². The molecule has 3 aliphatic rings. The summed E-state index contributed by atoms with van der Waals surface area (Å²) in [6.07, 6.45) is -1.88. The first-order valence-electron chi connectivity index (χ1n) is 14.3. The van der Waals surface area contributed by atoms with Crippen molar-refractivity contribution in [3.8, 4) is 5.75 Å². The number of aliphatic hydroxyl groups excluding tert-OH is 3. The number of fused-ring (bicyclic) bond motifs is 3. The monoisotopic (exact) mass is 577 g/mol. The molecular formula is C33H39NO8. The Bertz CT molecular complexity index is 1490. The molecule has 2 unspecified atom stereocenters. The van der Waals surface area contributed by atoms with Gasteiger partial charge in [0.05, 0.1) is 23.7 Å². The van der Waals surface area contributed by atoms with Gasteiger partial charge in [-0.2, -0.15) is 0 Å². The number of hydrogen-bond donors (Lipinski definition) is 6. The molecule has 1 amide bonds. The van der Waals surface area contributed by atoms with Gasteiger partial charge in [-0.1, -0.05) is 89.2 Å². The Morgan fingerprint density at radius 2 is 1.62 bits per heavy atom. The second-order valence-corrected chi connectivity index (χ2v) is 13.0. The van der Waals surface area contributed by atoms with Gasteiger partial charge in [-0.15, -0.1) is 0 Å². The molecule has 2 aromatic carbocycles. The maximum absolute atomic E-state index is 14.3. The van der Waals surface area contributed by atoms with Crippen LogP contribution in [-0.4, -0.2) is 66.9 Å². The molecule has 2 fully saturated rings. The summed E-state index contributed by atoms with van der Waals surface area (Å²) in [5, 5.41) is 59.1. The maximum Gasteiger partial charge on any atom is 0.230 e. The molecule has 0 radical (unpaired) electrons. The van der Waals surface area contributed by atoms with E-state index >= 15 is 0 Å². The van der Waals surface area contributed by atoms with E-state index in [0.717, 1.165) is 5.56 Å². The summed E-state index contributed by atoms with van der Waals surface area (Å²) in [5.41, 5.74) is 0.999. The predicted molar refractivity (Wildman–Crippen MR) is 155 cm³/mol. The Labute approximate surface area is 244 Å². The van der Waals surface area contributed by atoms with Crippen molar-refractivity contribution in [1.29, 1.82) is 0 Å². The molecule has 2 saturated carbocycles. The zero-order valence-corrected chi connectivity index (χ0v) is 24.4. The summed E-state index contributed by atoms with van der Waals surface area (Å²) in [7, 11) is 0. The van der Waals surface area contributed by atoms with Crippen LogP contribution in [-0.2, 0) is 9.59 Å². The molecular weight excluding hydrogens is 538 g/mol. The van der Waals surface area contributed by atoms with Crippen LogP contribution < -0.4 is 5.73 Å². The van der Waals surface area contributed by atoms with Crippen molar-refractivity contribution in [3.05, 3.63) is 64.7 Å². The molecule has 9 nitrogen and oxygen atoms in total. The largest absolute Gasteiger partial charge is 0.507 e. The molecule has 3 aliphatic carbocycles. The van der Waals surface area contributed by atoms with Crippen LogP contribution in [0.25, 0.3) is 12.2 Å². The van der Waals surface area contributed by atoms with Crippen molar-refractivity contribution in [2.75, 3.05) is 0 Å². The summed E-state index contributed by atoms with van der Waals surface area (Å²) in [5.74, 6) is -9.03. The van der Waals surface area contributed by atoms with Crippen LogP contribution in [0.15, 0.2) is 42.5 Å². The van der Waals surface area contributed by atoms with E-state index in [1.807, 2.05) is 30.3 Å². The lowest BCUT2D eigenvalue weighted by molar-refractivity contribution is -0.306. The van der Waals surface area contributed by atoms with E-state index in [1.54, 1.807) is 52.0 Å². The molecule has 5 rings (SSSR count). The zero-order valence-electron chi connectivity index (χ0n) is 24.4. The number of carbonyl (C=O) groups excluding carboxylic acids is 3. The number of amides is 1. The van der Waals surface area contributed by atoms with E-state index in [0.29, 0.717) is 11.1 Å². The van der Waals surface area contributed by atoms with Gasteiger partial charge in [0, 0.05) is 16.4 Å². The standard InChI is InChI=1S/C33H39NO8/c1-15(2)22-26(37)21(29(34)40)27(38)33(42)28(39)23-25(36)20-19(16(3)31(23,4)30(41)32(22,33)5)14-13-18(24(20)35)12-11-17-9-7-6-8-10-17/h6-16,21-23,26,28,30,35,37,39,41-42H,1-5H3,(H2,34,40)/t16-,21-,22+,23-,26?,28?,30-,31+,32+,33+/m1/s1. The zero-order chi connectivity index (χ0) is 31.1. The van der Waals surface area contributed by atoms with Gasteiger partial charge in [-0.05, 0) is 28.9 Å². The summed E-state index contributed by atoms with van der Waals surface area (Å²) >= 11 is 0. The molecule has 9 heteroatoms. The minimum absolute atomic E-state index is 0.0613. The molecule has 2 aromatic rings. The van der Waals surface area contributed by atoms with Gasteiger partial charge in [0.2, 0.25) is 5.91 Å². The highest BCUT2D eigenvalue weighted by atomic mass is 16.4. The summed E-state index contributed by atoms with van der Waals surface area (Å²) in [6, 6.07) is 12.7. The van der Waals surface area contributed by atoms with E-state index in [2.05, 4.69) is 0 Å². The Hall–Kier alpha value is -3.37. The van der Waals surface area contributed by atoms with E-state index < -0.39 is 81.8 Å². The Morgan fingerprint density at radius 3 is 2.19 bits per heavy atom. The summed E-state index contributed by atoms with van der Waals surface area (Å²) in [6.45, 7) is 8.24. The number of aliphatic hydroxyl groups is 4. The van der Waals surface area contributed by atoms with Gasteiger partial charge >= 0.3 is 0 Å². The van der Waals surface area contributed by atoms with E-state index in [-0.39, 0.29) is 11.3 Å². The molecule has 0 bridgehead atoms. The van der Waals surface area contributed by atoms with Crippen LogP contribution in [0.2, 0.25) is 0 Å². The fourth-order valence-corrected chi connectivity index (χ4v) is 8.66. The molecule has 0 saturated heterocycles. The van der Waals surface area contributed by atoms with Crippen LogP contribution in [0.4, 0.5) is 0 Å². The number of ketones is 2. The maximum atomic E-state index is 14.3. The quantitative estimate of drug-likeness (QED) is 0.237. The Morgan fingerprint density at radius 1 is 1.00 bits per heavy atom. The lowest BCUT2D eigenvalue weighted by Gasteiger charge is -2.69. The highest BCUT2D eigenvalue weighted by molar-refractivity contribution is 6.09. The lowest BCUT2D eigenvalue weighted by Crippen LogP contribution is -2.83. The molecule has 224 valence electrons.